The standard InChI is InChI=1S/C8H9ClO5S/c1-3-5-7(15(9,12)13)6(8(10)11)4(2)14-5/h3H2,1-2H3,(H,10,11). The van der Waals surface area contributed by atoms with Crippen LogP contribution in [0.5, 0.6) is 0 Å². The highest BCUT2D eigenvalue weighted by Gasteiger charge is 2.30. The zero-order valence-corrected chi connectivity index (χ0v) is 9.65. The van der Waals surface area contributed by atoms with Crippen molar-refractivity contribution in [2.75, 3.05) is 0 Å². The number of aromatic carboxylic acids is 1. The maximum absolute atomic E-state index is 11.2. The highest BCUT2D eigenvalue weighted by atomic mass is 35.7. The van der Waals surface area contributed by atoms with Crippen molar-refractivity contribution < 1.29 is 22.7 Å². The lowest BCUT2D eigenvalue weighted by Gasteiger charge is -1.96. The van der Waals surface area contributed by atoms with Gasteiger partial charge < -0.3 is 9.52 Å². The zero-order valence-electron chi connectivity index (χ0n) is 8.07. The summed E-state index contributed by atoms with van der Waals surface area (Å²) < 4.78 is 27.4. The van der Waals surface area contributed by atoms with E-state index in [0.29, 0.717) is 0 Å². The van der Waals surface area contributed by atoms with Gasteiger partial charge in [-0.25, -0.2) is 13.2 Å². The topological polar surface area (TPSA) is 84.6 Å². The second-order valence-corrected chi connectivity index (χ2v) is 5.38. The number of halogens is 1. The molecule has 1 heterocycles. The molecule has 7 heteroatoms. The van der Waals surface area contributed by atoms with Crippen LogP contribution < -0.4 is 0 Å². The van der Waals surface area contributed by atoms with Crippen molar-refractivity contribution in [3.05, 3.63) is 17.1 Å². The van der Waals surface area contributed by atoms with Crippen molar-refractivity contribution in [2.24, 2.45) is 0 Å². The Labute approximate surface area is 91.1 Å². The Morgan fingerprint density at radius 2 is 2.07 bits per heavy atom. The third-order valence-corrected chi connectivity index (χ3v) is 3.27. The van der Waals surface area contributed by atoms with Gasteiger partial charge in [-0.1, -0.05) is 6.92 Å². The number of carboxylic acids is 1. The highest BCUT2D eigenvalue weighted by molar-refractivity contribution is 8.13. The number of hydrogen-bond donors (Lipinski definition) is 1. The molecule has 0 aliphatic heterocycles. The van der Waals surface area contributed by atoms with Gasteiger partial charge in [0.25, 0.3) is 9.05 Å². The first-order chi connectivity index (χ1) is 6.79. The third-order valence-electron chi connectivity index (χ3n) is 1.89. The summed E-state index contributed by atoms with van der Waals surface area (Å²) in [5.74, 6) is -1.26. The van der Waals surface area contributed by atoms with E-state index >= 15 is 0 Å². The average molecular weight is 253 g/mol. The van der Waals surface area contributed by atoms with Crippen molar-refractivity contribution in [3.63, 3.8) is 0 Å². The molecule has 0 atom stereocenters. The van der Waals surface area contributed by atoms with Crippen LogP contribution in [0.1, 0.15) is 28.8 Å². The molecular weight excluding hydrogens is 244 g/mol. The molecule has 0 aliphatic carbocycles. The molecule has 15 heavy (non-hydrogen) atoms. The first-order valence-corrected chi connectivity index (χ1v) is 6.40. The number of carbonyl (C=O) groups is 1. The molecule has 5 nitrogen and oxygen atoms in total. The van der Waals surface area contributed by atoms with Gasteiger partial charge in [-0.3, -0.25) is 0 Å². The second kappa shape index (κ2) is 3.86. The van der Waals surface area contributed by atoms with Gasteiger partial charge in [0, 0.05) is 17.1 Å². The monoisotopic (exact) mass is 252 g/mol. The van der Waals surface area contributed by atoms with E-state index in [0.717, 1.165) is 0 Å². The maximum Gasteiger partial charge on any atom is 0.340 e. The molecule has 1 aromatic rings. The number of hydrogen-bond acceptors (Lipinski definition) is 4. The molecule has 1 aromatic heterocycles. The fourth-order valence-electron chi connectivity index (χ4n) is 1.32. The van der Waals surface area contributed by atoms with Crippen molar-refractivity contribution in [1.29, 1.82) is 0 Å². The summed E-state index contributed by atoms with van der Waals surface area (Å²) in [7, 11) is 1.05. The molecule has 0 radical (unpaired) electrons. The van der Waals surface area contributed by atoms with Gasteiger partial charge in [0.05, 0.1) is 0 Å². The summed E-state index contributed by atoms with van der Waals surface area (Å²) in [6.45, 7) is 3.03. The normalized spacial score (nSPS) is 11.7. The minimum atomic E-state index is -4.10. The largest absolute Gasteiger partial charge is 0.478 e. The number of furan rings is 1. The summed E-state index contributed by atoms with van der Waals surface area (Å²) in [6.07, 6.45) is 0.259. The summed E-state index contributed by atoms with van der Waals surface area (Å²) in [5, 5.41) is 8.84. The van der Waals surface area contributed by atoms with E-state index in [1.54, 1.807) is 6.92 Å². The van der Waals surface area contributed by atoms with Gasteiger partial charge >= 0.3 is 5.97 Å². The van der Waals surface area contributed by atoms with E-state index in [1.807, 2.05) is 0 Å². The quantitative estimate of drug-likeness (QED) is 0.829. The van der Waals surface area contributed by atoms with Gasteiger partial charge in [0.2, 0.25) is 0 Å². The Morgan fingerprint density at radius 1 is 1.53 bits per heavy atom. The van der Waals surface area contributed by atoms with Crippen molar-refractivity contribution >= 4 is 25.7 Å². The van der Waals surface area contributed by atoms with Gasteiger partial charge in [0.1, 0.15) is 22.0 Å². The van der Waals surface area contributed by atoms with E-state index < -0.39 is 19.9 Å². The van der Waals surface area contributed by atoms with Crippen LogP contribution in [0.3, 0.4) is 0 Å². The molecule has 1 rings (SSSR count). The van der Waals surface area contributed by atoms with Crippen LogP contribution in [0, 0.1) is 6.92 Å². The molecule has 0 saturated heterocycles. The average Bonchev–Trinajstić information content (AvgIpc) is 2.41. The fourth-order valence-corrected chi connectivity index (χ4v) is 2.74. The Kier molecular flexibility index (Phi) is 3.11. The lowest BCUT2D eigenvalue weighted by Crippen LogP contribution is -2.04. The molecule has 0 saturated carbocycles. The molecule has 0 fully saturated rings. The molecule has 1 N–H and O–H groups in total. The molecule has 0 amide bonds. The van der Waals surface area contributed by atoms with Crippen LogP contribution in [0.4, 0.5) is 0 Å². The second-order valence-electron chi connectivity index (χ2n) is 2.88. The molecular formula is C8H9ClO5S. The predicted molar refractivity (Wildman–Crippen MR) is 52.8 cm³/mol. The van der Waals surface area contributed by atoms with Crippen LogP contribution in [-0.4, -0.2) is 19.5 Å². The summed E-state index contributed by atoms with van der Waals surface area (Å²) >= 11 is 0. The molecule has 0 unspecified atom stereocenters. The van der Waals surface area contributed by atoms with E-state index in [2.05, 4.69) is 0 Å². The van der Waals surface area contributed by atoms with Crippen LogP contribution in [0.15, 0.2) is 9.31 Å². The van der Waals surface area contributed by atoms with Crippen molar-refractivity contribution in [1.82, 2.24) is 0 Å². The first-order valence-electron chi connectivity index (χ1n) is 4.09. The van der Waals surface area contributed by atoms with Crippen LogP contribution >= 0.6 is 10.7 Å². The molecule has 0 bridgehead atoms. The fraction of sp³-hybridized carbons (Fsp3) is 0.375. The SMILES string of the molecule is CCc1oc(C)c(C(=O)O)c1S(=O)(=O)Cl. The predicted octanol–water partition coefficient (Wildman–Crippen LogP) is 1.78. The van der Waals surface area contributed by atoms with Crippen LogP contribution in [-0.2, 0) is 15.5 Å². The Balaban J connectivity index is 3.65. The lowest BCUT2D eigenvalue weighted by atomic mass is 10.2. The van der Waals surface area contributed by atoms with Crippen LogP contribution in [0.25, 0.3) is 0 Å². The lowest BCUT2D eigenvalue weighted by molar-refractivity contribution is 0.0691. The van der Waals surface area contributed by atoms with Crippen molar-refractivity contribution in [3.8, 4) is 0 Å². The molecule has 0 aliphatic rings. The molecule has 0 spiro atoms. The molecule has 84 valence electrons. The molecule has 0 aromatic carbocycles. The number of aryl methyl sites for hydroxylation is 2. The van der Waals surface area contributed by atoms with Crippen LogP contribution in [0.2, 0.25) is 0 Å². The number of rotatable bonds is 3. The highest BCUT2D eigenvalue weighted by Crippen LogP contribution is 2.30. The van der Waals surface area contributed by atoms with Gasteiger partial charge in [-0.2, -0.15) is 0 Å². The van der Waals surface area contributed by atoms with E-state index in [4.69, 9.17) is 20.2 Å². The zero-order chi connectivity index (χ0) is 11.8. The summed E-state index contributed by atoms with van der Waals surface area (Å²) in [6, 6.07) is 0. The minimum Gasteiger partial charge on any atom is -0.478 e. The van der Waals surface area contributed by atoms with Gasteiger partial charge in [-0.15, -0.1) is 0 Å². The Hall–Kier alpha value is -1.01. The van der Waals surface area contributed by atoms with E-state index in [1.165, 1.54) is 6.92 Å². The summed E-state index contributed by atoms with van der Waals surface area (Å²) in [4.78, 5) is 10.4. The Bertz CT molecular complexity index is 499. The van der Waals surface area contributed by atoms with E-state index in [-0.39, 0.29) is 23.5 Å². The number of carboxylic acid groups (broad SMARTS) is 1. The van der Waals surface area contributed by atoms with E-state index in [9.17, 15) is 13.2 Å². The van der Waals surface area contributed by atoms with Crippen molar-refractivity contribution in [2.45, 2.75) is 25.2 Å². The van der Waals surface area contributed by atoms with Gasteiger partial charge in [-0.05, 0) is 6.92 Å². The summed E-state index contributed by atoms with van der Waals surface area (Å²) in [5.41, 5.74) is -0.387. The smallest absolute Gasteiger partial charge is 0.340 e. The third kappa shape index (κ3) is 2.15. The van der Waals surface area contributed by atoms with Gasteiger partial charge in [0.15, 0.2) is 0 Å². The maximum atomic E-state index is 11.2. The Morgan fingerprint density at radius 3 is 2.40 bits per heavy atom. The first kappa shape index (κ1) is 12.1. The minimum absolute atomic E-state index is 0.0403.